The molecular formula is C32H37F3N4O6. The molecule has 2 amide bonds. The second-order valence-corrected chi connectivity index (χ2v) is 11.1. The SMILES string of the molecule is CC(C)(C)[C@@H](NC(=O)CCCNc1ccccn1)C(=O)NC(CC(=O)O)c1ccc(-c2ccccc2)cc1.O=C(O)C(F)(F)F. The van der Waals surface area contributed by atoms with Crippen molar-refractivity contribution in [1.82, 2.24) is 15.6 Å². The average molecular weight is 631 g/mol. The lowest BCUT2D eigenvalue weighted by atomic mass is 9.85. The third-order valence-corrected chi connectivity index (χ3v) is 6.34. The topological polar surface area (TPSA) is 158 Å². The number of benzene rings is 2. The maximum atomic E-state index is 13.4. The highest BCUT2D eigenvalue weighted by Crippen LogP contribution is 2.25. The summed E-state index contributed by atoms with van der Waals surface area (Å²) in [5, 5.41) is 25.5. The zero-order chi connectivity index (χ0) is 33.6. The third kappa shape index (κ3) is 13.1. The van der Waals surface area contributed by atoms with Crippen LogP contribution in [0.25, 0.3) is 11.1 Å². The van der Waals surface area contributed by atoms with E-state index in [1.807, 2.05) is 93.6 Å². The Kier molecular flexibility index (Phi) is 13.5. The van der Waals surface area contributed by atoms with Crippen LogP contribution in [0.5, 0.6) is 0 Å². The van der Waals surface area contributed by atoms with Crippen LogP contribution < -0.4 is 16.0 Å². The van der Waals surface area contributed by atoms with Crippen molar-refractivity contribution in [1.29, 1.82) is 0 Å². The molecule has 1 unspecified atom stereocenters. The summed E-state index contributed by atoms with van der Waals surface area (Å²) in [5.74, 6) is -3.71. The van der Waals surface area contributed by atoms with Crippen molar-refractivity contribution in [3.8, 4) is 11.1 Å². The van der Waals surface area contributed by atoms with Gasteiger partial charge in [-0.2, -0.15) is 13.2 Å². The molecule has 3 aromatic rings. The number of carbonyl (C=O) groups is 4. The van der Waals surface area contributed by atoms with Crippen molar-refractivity contribution >= 4 is 29.6 Å². The Morgan fingerprint density at radius 2 is 1.40 bits per heavy atom. The monoisotopic (exact) mass is 630 g/mol. The number of aromatic nitrogens is 1. The van der Waals surface area contributed by atoms with E-state index in [1.54, 1.807) is 6.20 Å². The molecule has 10 nitrogen and oxygen atoms in total. The van der Waals surface area contributed by atoms with Gasteiger partial charge in [0.25, 0.3) is 0 Å². The summed E-state index contributed by atoms with van der Waals surface area (Å²) in [4.78, 5) is 50.7. The quantitative estimate of drug-likeness (QED) is 0.166. The summed E-state index contributed by atoms with van der Waals surface area (Å²) in [5.41, 5.74) is 2.13. The molecule has 0 saturated carbocycles. The first kappa shape index (κ1) is 36.3. The van der Waals surface area contributed by atoms with Gasteiger partial charge in [-0.25, -0.2) is 9.78 Å². The zero-order valence-electron chi connectivity index (χ0n) is 25.1. The molecule has 2 atom stereocenters. The van der Waals surface area contributed by atoms with E-state index in [4.69, 9.17) is 9.90 Å². The lowest BCUT2D eigenvalue weighted by molar-refractivity contribution is -0.192. The molecule has 242 valence electrons. The Morgan fingerprint density at radius 3 is 1.91 bits per heavy atom. The number of alkyl halides is 3. The summed E-state index contributed by atoms with van der Waals surface area (Å²) in [6, 6.07) is 21.3. The van der Waals surface area contributed by atoms with Crippen molar-refractivity contribution in [3.63, 3.8) is 0 Å². The van der Waals surface area contributed by atoms with Gasteiger partial charge in [-0.3, -0.25) is 14.4 Å². The average Bonchev–Trinajstić information content (AvgIpc) is 2.98. The van der Waals surface area contributed by atoms with E-state index in [9.17, 15) is 32.7 Å². The molecule has 0 aliphatic rings. The molecule has 0 fully saturated rings. The molecule has 0 radical (unpaired) electrons. The van der Waals surface area contributed by atoms with Crippen LogP contribution in [0.3, 0.4) is 0 Å². The first-order valence-electron chi connectivity index (χ1n) is 14.0. The molecule has 3 rings (SSSR count). The first-order chi connectivity index (χ1) is 21.1. The molecule has 0 aliphatic heterocycles. The minimum atomic E-state index is -5.08. The summed E-state index contributed by atoms with van der Waals surface area (Å²) >= 11 is 0. The van der Waals surface area contributed by atoms with Crippen LogP contribution in [0.1, 0.15) is 51.6 Å². The maximum absolute atomic E-state index is 13.4. The van der Waals surface area contributed by atoms with Gasteiger partial charge in [0.1, 0.15) is 11.9 Å². The molecule has 13 heteroatoms. The predicted molar refractivity (Wildman–Crippen MR) is 162 cm³/mol. The molecule has 0 aliphatic carbocycles. The third-order valence-electron chi connectivity index (χ3n) is 6.34. The Balaban J connectivity index is 0.000000900. The van der Waals surface area contributed by atoms with Crippen LogP contribution >= 0.6 is 0 Å². The second kappa shape index (κ2) is 16.8. The van der Waals surface area contributed by atoms with E-state index in [0.29, 0.717) is 18.5 Å². The smallest absolute Gasteiger partial charge is 0.481 e. The van der Waals surface area contributed by atoms with Crippen LogP contribution in [0, 0.1) is 5.41 Å². The number of rotatable bonds is 12. The Labute approximate surface area is 259 Å². The number of aliphatic carboxylic acids is 2. The summed E-state index contributed by atoms with van der Waals surface area (Å²) in [6.45, 7) is 6.15. The van der Waals surface area contributed by atoms with Crippen molar-refractivity contribution in [2.45, 2.75) is 58.3 Å². The van der Waals surface area contributed by atoms with Gasteiger partial charge in [0.2, 0.25) is 11.8 Å². The molecule has 0 spiro atoms. The lowest BCUT2D eigenvalue weighted by Crippen LogP contribution is -2.54. The molecule has 1 heterocycles. The van der Waals surface area contributed by atoms with Crippen LogP contribution in [0.15, 0.2) is 79.0 Å². The minimum Gasteiger partial charge on any atom is -0.481 e. The highest BCUT2D eigenvalue weighted by atomic mass is 19.4. The van der Waals surface area contributed by atoms with E-state index < -0.39 is 41.5 Å². The predicted octanol–water partition coefficient (Wildman–Crippen LogP) is 5.44. The molecule has 1 aromatic heterocycles. The van der Waals surface area contributed by atoms with E-state index in [2.05, 4.69) is 20.9 Å². The fraction of sp³-hybridized carbons (Fsp3) is 0.344. The van der Waals surface area contributed by atoms with Crippen LogP contribution in [-0.4, -0.2) is 57.7 Å². The van der Waals surface area contributed by atoms with Crippen LogP contribution in [0.2, 0.25) is 0 Å². The molecule has 0 bridgehead atoms. The Hall–Kier alpha value is -4.94. The van der Waals surface area contributed by atoms with E-state index in [1.165, 1.54) is 0 Å². The largest absolute Gasteiger partial charge is 0.490 e. The van der Waals surface area contributed by atoms with Gasteiger partial charge in [-0.1, -0.05) is 81.4 Å². The minimum absolute atomic E-state index is 0.235. The van der Waals surface area contributed by atoms with Gasteiger partial charge in [0.05, 0.1) is 12.5 Å². The normalized spacial score (nSPS) is 12.5. The number of hydrogen-bond acceptors (Lipinski definition) is 6. The highest BCUT2D eigenvalue weighted by molar-refractivity contribution is 5.89. The number of carboxylic acid groups (broad SMARTS) is 2. The Bertz CT molecular complexity index is 1400. The Morgan fingerprint density at radius 1 is 0.822 bits per heavy atom. The fourth-order valence-electron chi connectivity index (χ4n) is 4.06. The highest BCUT2D eigenvalue weighted by Gasteiger charge is 2.38. The number of hydrogen-bond donors (Lipinski definition) is 5. The van der Waals surface area contributed by atoms with Gasteiger partial charge in [-0.15, -0.1) is 0 Å². The van der Waals surface area contributed by atoms with Crippen molar-refractivity contribution in [2.75, 3.05) is 11.9 Å². The second-order valence-electron chi connectivity index (χ2n) is 11.1. The maximum Gasteiger partial charge on any atom is 0.490 e. The first-order valence-corrected chi connectivity index (χ1v) is 14.0. The van der Waals surface area contributed by atoms with Gasteiger partial charge < -0.3 is 26.2 Å². The summed E-state index contributed by atoms with van der Waals surface area (Å²) < 4.78 is 31.7. The lowest BCUT2D eigenvalue weighted by Gasteiger charge is -2.32. The number of carboxylic acids is 2. The summed E-state index contributed by atoms with van der Waals surface area (Å²) in [7, 11) is 0. The van der Waals surface area contributed by atoms with Gasteiger partial charge >= 0.3 is 18.1 Å². The van der Waals surface area contributed by atoms with Crippen molar-refractivity contribution in [2.24, 2.45) is 5.41 Å². The van der Waals surface area contributed by atoms with Gasteiger partial charge in [0.15, 0.2) is 0 Å². The number of nitrogens with one attached hydrogen (secondary N) is 3. The molecule has 5 N–H and O–H groups in total. The van der Waals surface area contributed by atoms with Crippen molar-refractivity contribution in [3.05, 3.63) is 84.6 Å². The molecule has 2 aromatic carbocycles. The van der Waals surface area contributed by atoms with E-state index in [-0.39, 0.29) is 18.7 Å². The molecular weight excluding hydrogens is 593 g/mol. The van der Waals surface area contributed by atoms with Crippen LogP contribution in [-0.2, 0) is 19.2 Å². The van der Waals surface area contributed by atoms with E-state index >= 15 is 0 Å². The van der Waals surface area contributed by atoms with Crippen LogP contribution in [0.4, 0.5) is 19.0 Å². The number of nitrogens with zero attached hydrogens (tertiary/aromatic N) is 1. The standard InChI is InChI=1S/C30H36N4O4.C2HF3O2/c1-30(2,3)28(34-26(35)13-9-19-32-25-12-7-8-18-31-25)29(38)33-24(20-27(36)37)23-16-14-22(15-17-23)21-10-5-4-6-11-21;3-2(4,5)1(6)7/h4-8,10-12,14-18,24,28H,9,13,19-20H2,1-3H3,(H,31,32)(H,33,38)(H,34,35)(H,36,37);(H,6,7)/t24?,28-;/m0./s1. The number of amides is 2. The number of carbonyl (C=O) groups excluding carboxylic acids is 2. The van der Waals surface area contributed by atoms with E-state index in [0.717, 1.165) is 16.9 Å². The number of halogens is 3. The fourth-order valence-corrected chi connectivity index (χ4v) is 4.06. The number of pyridine rings is 1. The molecule has 0 saturated heterocycles. The zero-order valence-corrected chi connectivity index (χ0v) is 25.1. The van der Waals surface area contributed by atoms with Gasteiger partial charge in [0, 0.05) is 19.2 Å². The number of anilines is 1. The van der Waals surface area contributed by atoms with Gasteiger partial charge in [-0.05, 0) is 40.7 Å². The molecule has 45 heavy (non-hydrogen) atoms. The summed E-state index contributed by atoms with van der Waals surface area (Å²) in [6.07, 6.45) is -2.87. The van der Waals surface area contributed by atoms with Crippen molar-refractivity contribution < 1.29 is 42.6 Å².